The van der Waals surface area contributed by atoms with Gasteiger partial charge in [-0.2, -0.15) is 0 Å². The van der Waals surface area contributed by atoms with Crippen molar-refractivity contribution in [2.45, 2.75) is 13.8 Å². The average molecular weight is 477 g/mol. The Bertz CT molecular complexity index is 1330. The number of esters is 1. The molecule has 0 bridgehead atoms. The van der Waals surface area contributed by atoms with Gasteiger partial charge in [-0.3, -0.25) is 9.59 Å². The average Bonchev–Trinajstić information content (AvgIpc) is 3.04. The predicted octanol–water partition coefficient (Wildman–Crippen LogP) is 4.97. The number of hydrogen-bond acceptors (Lipinski definition) is 6. The Labute approximate surface area is 201 Å². The van der Waals surface area contributed by atoms with Crippen molar-refractivity contribution in [3.8, 4) is 11.5 Å². The molecule has 172 valence electrons. The van der Waals surface area contributed by atoms with E-state index in [-0.39, 0.29) is 10.7 Å². The van der Waals surface area contributed by atoms with Crippen LogP contribution in [0.15, 0.2) is 77.5 Å². The number of rotatable bonds is 6. The number of anilines is 2. The molecule has 0 saturated heterocycles. The summed E-state index contributed by atoms with van der Waals surface area (Å²) < 4.78 is 10.7. The zero-order valence-corrected chi connectivity index (χ0v) is 19.5. The molecule has 8 heteroatoms. The minimum Gasteiger partial charge on any atom is -0.495 e. The highest BCUT2D eigenvalue weighted by Gasteiger charge is 2.40. The molecule has 2 amide bonds. The number of imide groups is 1. The molecule has 3 aromatic carbocycles. The van der Waals surface area contributed by atoms with E-state index in [2.05, 4.69) is 5.32 Å². The molecule has 1 aliphatic heterocycles. The van der Waals surface area contributed by atoms with E-state index in [1.165, 1.54) is 7.11 Å². The van der Waals surface area contributed by atoms with Crippen molar-refractivity contribution in [2.24, 2.45) is 0 Å². The van der Waals surface area contributed by atoms with Crippen LogP contribution in [0, 0.1) is 13.8 Å². The van der Waals surface area contributed by atoms with Gasteiger partial charge in [-0.15, -0.1) is 0 Å². The zero-order valence-electron chi connectivity index (χ0n) is 18.7. The number of nitrogens with zero attached hydrogens (tertiary/aromatic N) is 1. The van der Waals surface area contributed by atoms with Gasteiger partial charge in [0.2, 0.25) is 0 Å². The van der Waals surface area contributed by atoms with Crippen LogP contribution >= 0.6 is 11.6 Å². The van der Waals surface area contributed by atoms with Crippen molar-refractivity contribution in [2.75, 3.05) is 17.3 Å². The molecule has 0 unspecified atom stereocenters. The minimum absolute atomic E-state index is 0.0665. The van der Waals surface area contributed by atoms with E-state index in [4.69, 9.17) is 21.1 Å². The normalized spacial score (nSPS) is 13.4. The van der Waals surface area contributed by atoms with Crippen LogP contribution in [0.5, 0.6) is 11.5 Å². The van der Waals surface area contributed by atoms with Crippen molar-refractivity contribution in [1.29, 1.82) is 0 Å². The van der Waals surface area contributed by atoms with E-state index in [1.54, 1.807) is 54.6 Å². The zero-order chi connectivity index (χ0) is 24.4. The SMILES string of the molecule is COc1ccccc1N1C(=O)C(Cl)=C(Nc2ccc(C(=O)Oc3ccc(C)cc3C)cc2)C1=O. The number of para-hydroxylation sites is 2. The molecule has 1 heterocycles. The van der Waals surface area contributed by atoms with Crippen LogP contribution in [0.3, 0.4) is 0 Å². The number of ether oxygens (including phenoxy) is 2. The van der Waals surface area contributed by atoms with Gasteiger partial charge in [-0.05, 0) is 61.9 Å². The number of benzene rings is 3. The molecule has 3 aromatic rings. The predicted molar refractivity (Wildman–Crippen MR) is 129 cm³/mol. The third-order valence-electron chi connectivity index (χ3n) is 5.28. The lowest BCUT2D eigenvalue weighted by Crippen LogP contribution is -2.32. The number of methoxy groups -OCH3 is 1. The molecule has 0 aliphatic carbocycles. The van der Waals surface area contributed by atoms with E-state index in [9.17, 15) is 14.4 Å². The summed E-state index contributed by atoms with van der Waals surface area (Å²) in [6, 6.07) is 18.5. The third-order valence-corrected chi connectivity index (χ3v) is 5.63. The second-order valence-electron chi connectivity index (χ2n) is 7.67. The summed E-state index contributed by atoms with van der Waals surface area (Å²) in [6.45, 7) is 3.83. The van der Waals surface area contributed by atoms with Crippen molar-refractivity contribution < 1.29 is 23.9 Å². The molecule has 4 rings (SSSR count). The third kappa shape index (κ3) is 4.38. The maximum Gasteiger partial charge on any atom is 0.343 e. The second-order valence-corrected chi connectivity index (χ2v) is 8.05. The summed E-state index contributed by atoms with van der Waals surface area (Å²) in [5, 5.41) is 2.64. The van der Waals surface area contributed by atoms with Gasteiger partial charge in [0.15, 0.2) is 0 Å². The van der Waals surface area contributed by atoms with Crippen molar-refractivity contribution in [1.82, 2.24) is 0 Å². The molecule has 0 aromatic heterocycles. The van der Waals surface area contributed by atoms with Crippen LogP contribution in [0.25, 0.3) is 0 Å². The largest absolute Gasteiger partial charge is 0.495 e. The van der Waals surface area contributed by atoms with Crippen LogP contribution in [-0.4, -0.2) is 24.9 Å². The Morgan fingerprint density at radius 3 is 2.29 bits per heavy atom. The van der Waals surface area contributed by atoms with Crippen LogP contribution in [0.1, 0.15) is 21.5 Å². The van der Waals surface area contributed by atoms with Crippen molar-refractivity contribution in [3.63, 3.8) is 0 Å². The van der Waals surface area contributed by atoms with Crippen LogP contribution < -0.4 is 19.7 Å². The number of hydrogen-bond donors (Lipinski definition) is 1. The van der Waals surface area contributed by atoms with Gasteiger partial charge >= 0.3 is 5.97 Å². The fourth-order valence-corrected chi connectivity index (χ4v) is 3.76. The van der Waals surface area contributed by atoms with Gasteiger partial charge in [0.05, 0.1) is 18.4 Å². The highest BCUT2D eigenvalue weighted by Crippen LogP contribution is 2.35. The molecule has 0 radical (unpaired) electrons. The van der Waals surface area contributed by atoms with Crippen LogP contribution in [0.2, 0.25) is 0 Å². The Hall–Kier alpha value is -4.10. The summed E-state index contributed by atoms with van der Waals surface area (Å²) in [7, 11) is 1.45. The Balaban J connectivity index is 1.50. The van der Waals surface area contributed by atoms with Crippen molar-refractivity contribution >= 4 is 40.8 Å². The van der Waals surface area contributed by atoms with E-state index in [1.807, 2.05) is 26.0 Å². The standard InChI is InChI=1S/C26H21ClN2O5/c1-15-8-13-20(16(2)14-15)34-26(32)17-9-11-18(12-10-17)28-23-22(27)24(30)29(25(23)31)19-6-4-5-7-21(19)33-3/h4-14,28H,1-3H3. The van der Waals surface area contributed by atoms with Gasteiger partial charge in [0.25, 0.3) is 11.8 Å². The molecule has 7 nitrogen and oxygen atoms in total. The summed E-state index contributed by atoms with van der Waals surface area (Å²) in [6.07, 6.45) is 0. The van der Waals surface area contributed by atoms with Gasteiger partial charge in [0.1, 0.15) is 22.2 Å². The van der Waals surface area contributed by atoms with Crippen LogP contribution in [0.4, 0.5) is 11.4 Å². The summed E-state index contributed by atoms with van der Waals surface area (Å²) in [4.78, 5) is 39.2. The minimum atomic E-state index is -0.660. The number of nitrogens with one attached hydrogen (secondary N) is 1. The first-order valence-electron chi connectivity index (χ1n) is 10.4. The smallest absolute Gasteiger partial charge is 0.343 e. The number of carbonyl (C=O) groups is 3. The second kappa shape index (κ2) is 9.41. The van der Waals surface area contributed by atoms with Gasteiger partial charge in [-0.1, -0.05) is 41.4 Å². The molecule has 0 atom stereocenters. The fraction of sp³-hybridized carbons (Fsp3) is 0.115. The lowest BCUT2D eigenvalue weighted by Gasteiger charge is -2.17. The highest BCUT2D eigenvalue weighted by atomic mass is 35.5. The molecule has 1 N–H and O–H groups in total. The van der Waals surface area contributed by atoms with Gasteiger partial charge in [-0.25, -0.2) is 9.69 Å². The van der Waals surface area contributed by atoms with Crippen LogP contribution in [-0.2, 0) is 9.59 Å². The molecule has 0 spiro atoms. The first-order valence-corrected chi connectivity index (χ1v) is 10.8. The molecular formula is C26H21ClN2O5. The maximum absolute atomic E-state index is 13.0. The molecule has 0 saturated carbocycles. The Kier molecular flexibility index (Phi) is 6.38. The summed E-state index contributed by atoms with van der Waals surface area (Å²) in [5.74, 6) is -0.932. The lowest BCUT2D eigenvalue weighted by molar-refractivity contribution is -0.120. The first kappa shape index (κ1) is 23.1. The number of carbonyl (C=O) groups excluding carboxylic acids is 3. The topological polar surface area (TPSA) is 84.9 Å². The first-order chi connectivity index (χ1) is 16.3. The summed E-state index contributed by atoms with van der Waals surface area (Å²) in [5.41, 5.74) is 2.96. The number of halogens is 1. The monoisotopic (exact) mass is 476 g/mol. The Morgan fingerprint density at radius 2 is 1.62 bits per heavy atom. The van der Waals surface area contributed by atoms with E-state index in [0.29, 0.717) is 28.4 Å². The van der Waals surface area contributed by atoms with Gasteiger partial charge in [0, 0.05) is 5.69 Å². The number of amides is 2. The highest BCUT2D eigenvalue weighted by molar-refractivity contribution is 6.53. The molecular weight excluding hydrogens is 456 g/mol. The molecule has 0 fully saturated rings. The number of aryl methyl sites for hydroxylation is 2. The molecule has 34 heavy (non-hydrogen) atoms. The molecule has 1 aliphatic rings. The van der Waals surface area contributed by atoms with E-state index >= 15 is 0 Å². The van der Waals surface area contributed by atoms with E-state index < -0.39 is 17.8 Å². The van der Waals surface area contributed by atoms with Crippen molar-refractivity contribution in [3.05, 3.63) is 94.1 Å². The van der Waals surface area contributed by atoms with E-state index in [0.717, 1.165) is 16.0 Å². The lowest BCUT2D eigenvalue weighted by atomic mass is 10.1. The maximum atomic E-state index is 13.0. The Morgan fingerprint density at radius 1 is 0.912 bits per heavy atom. The van der Waals surface area contributed by atoms with Gasteiger partial charge < -0.3 is 14.8 Å². The fourth-order valence-electron chi connectivity index (χ4n) is 3.55. The summed E-state index contributed by atoms with van der Waals surface area (Å²) >= 11 is 6.20. The quantitative estimate of drug-likeness (QED) is 0.307.